The van der Waals surface area contributed by atoms with Crippen molar-refractivity contribution >= 4 is 22.7 Å². The highest BCUT2D eigenvalue weighted by Gasteiger charge is 2.21. The Labute approximate surface area is 149 Å². The Hall–Kier alpha value is -2.47. The molecule has 0 unspecified atom stereocenters. The number of rotatable bonds is 7. The van der Waals surface area contributed by atoms with E-state index in [-0.39, 0.29) is 11.5 Å². The number of benzene rings is 2. The van der Waals surface area contributed by atoms with Crippen LogP contribution in [0.15, 0.2) is 59.5 Å². The van der Waals surface area contributed by atoms with Gasteiger partial charge in [0.25, 0.3) is 5.91 Å². The van der Waals surface area contributed by atoms with E-state index in [1.807, 2.05) is 30.3 Å². The molecule has 6 heteroatoms. The first-order valence-electron chi connectivity index (χ1n) is 7.94. The zero-order valence-corrected chi connectivity index (χ0v) is 15.0. The van der Waals surface area contributed by atoms with Crippen LogP contribution in [0.1, 0.15) is 22.8 Å². The van der Waals surface area contributed by atoms with E-state index in [9.17, 15) is 13.8 Å². The Bertz CT molecular complexity index is 761. The maximum atomic E-state index is 12.2. The number of hydrogen-bond donors (Lipinski definition) is 1. The van der Waals surface area contributed by atoms with Crippen LogP contribution >= 0.6 is 0 Å². The maximum Gasteiger partial charge on any atom is 0.340 e. The third-order valence-corrected chi connectivity index (χ3v) is 4.60. The van der Waals surface area contributed by atoms with Crippen molar-refractivity contribution in [3.8, 4) is 0 Å². The second kappa shape index (κ2) is 9.13. The van der Waals surface area contributed by atoms with E-state index >= 15 is 0 Å². The standard InChI is InChI=1S/C19H21NO4S/c1-14(18(21)20-13-12-15-8-4-3-5-9-15)24-19(22)16-10-6-7-11-17(16)25(2)23/h3-11,14H,12-13H2,1-2H3,(H,20,21)/t14-,25-/m0/s1. The summed E-state index contributed by atoms with van der Waals surface area (Å²) in [5.41, 5.74) is 1.33. The van der Waals surface area contributed by atoms with Crippen LogP contribution in [0, 0.1) is 0 Å². The molecule has 0 aliphatic carbocycles. The summed E-state index contributed by atoms with van der Waals surface area (Å²) in [6.45, 7) is 1.97. The molecular weight excluding hydrogens is 338 g/mol. The zero-order valence-electron chi connectivity index (χ0n) is 14.2. The van der Waals surface area contributed by atoms with E-state index in [1.54, 1.807) is 24.3 Å². The predicted octanol–water partition coefficient (Wildman–Crippen LogP) is 2.33. The lowest BCUT2D eigenvalue weighted by Gasteiger charge is -2.14. The average Bonchev–Trinajstić information content (AvgIpc) is 2.62. The number of carbonyl (C=O) groups is 2. The Kier molecular flexibility index (Phi) is 6.89. The number of ether oxygens (including phenoxy) is 1. The minimum atomic E-state index is -1.31. The van der Waals surface area contributed by atoms with E-state index < -0.39 is 22.9 Å². The Morgan fingerprint density at radius 2 is 1.72 bits per heavy atom. The maximum absolute atomic E-state index is 12.2. The second-order valence-corrected chi connectivity index (χ2v) is 6.87. The average molecular weight is 359 g/mol. The number of hydrogen-bond acceptors (Lipinski definition) is 4. The fraction of sp³-hybridized carbons (Fsp3) is 0.263. The van der Waals surface area contributed by atoms with Crippen molar-refractivity contribution < 1.29 is 18.5 Å². The van der Waals surface area contributed by atoms with Crippen LogP contribution in [-0.4, -0.2) is 35.0 Å². The predicted molar refractivity (Wildman–Crippen MR) is 96.8 cm³/mol. The summed E-state index contributed by atoms with van der Waals surface area (Å²) >= 11 is 0. The molecule has 2 atom stereocenters. The van der Waals surface area contributed by atoms with Crippen LogP contribution in [0.2, 0.25) is 0 Å². The van der Waals surface area contributed by atoms with Gasteiger partial charge in [-0.15, -0.1) is 0 Å². The second-order valence-electron chi connectivity index (χ2n) is 5.52. The summed E-state index contributed by atoms with van der Waals surface area (Å²) in [4.78, 5) is 24.7. The van der Waals surface area contributed by atoms with Gasteiger partial charge < -0.3 is 10.1 Å². The van der Waals surface area contributed by atoms with Gasteiger partial charge in [0.2, 0.25) is 0 Å². The Balaban J connectivity index is 1.88. The topological polar surface area (TPSA) is 72.5 Å². The van der Waals surface area contributed by atoms with Gasteiger partial charge in [0.05, 0.1) is 21.3 Å². The molecule has 0 aliphatic heterocycles. The molecule has 0 aromatic heterocycles. The summed E-state index contributed by atoms with van der Waals surface area (Å²) in [6.07, 6.45) is 1.26. The number of nitrogens with one attached hydrogen (secondary N) is 1. The largest absolute Gasteiger partial charge is 0.449 e. The molecular formula is C19H21NO4S. The van der Waals surface area contributed by atoms with Gasteiger partial charge in [-0.1, -0.05) is 42.5 Å². The molecule has 2 aromatic carbocycles. The molecule has 2 aromatic rings. The third-order valence-electron chi connectivity index (χ3n) is 3.63. The lowest BCUT2D eigenvalue weighted by atomic mass is 10.1. The van der Waals surface area contributed by atoms with Crippen LogP contribution < -0.4 is 5.32 Å². The molecule has 0 bridgehead atoms. The molecule has 25 heavy (non-hydrogen) atoms. The Morgan fingerprint density at radius 1 is 1.08 bits per heavy atom. The van der Waals surface area contributed by atoms with E-state index in [1.165, 1.54) is 13.2 Å². The minimum absolute atomic E-state index is 0.215. The number of amides is 1. The highest BCUT2D eigenvalue weighted by atomic mass is 32.2. The zero-order chi connectivity index (χ0) is 18.2. The lowest BCUT2D eigenvalue weighted by Crippen LogP contribution is -2.37. The Morgan fingerprint density at radius 3 is 2.40 bits per heavy atom. The third kappa shape index (κ3) is 5.53. The SMILES string of the molecule is C[C@H](OC(=O)c1ccccc1[S@](C)=O)C(=O)NCCc1ccccc1. The van der Waals surface area contributed by atoms with Gasteiger partial charge in [0.15, 0.2) is 6.10 Å². The molecule has 2 rings (SSSR count). The molecule has 5 nitrogen and oxygen atoms in total. The quantitative estimate of drug-likeness (QED) is 0.770. The first-order chi connectivity index (χ1) is 12.0. The van der Waals surface area contributed by atoms with Crippen molar-refractivity contribution in [2.75, 3.05) is 12.8 Å². The molecule has 1 amide bonds. The molecule has 1 N–H and O–H groups in total. The van der Waals surface area contributed by atoms with E-state index in [2.05, 4.69) is 5.32 Å². The van der Waals surface area contributed by atoms with Crippen LogP contribution in [0.5, 0.6) is 0 Å². The van der Waals surface area contributed by atoms with Gasteiger partial charge >= 0.3 is 5.97 Å². The van der Waals surface area contributed by atoms with Gasteiger partial charge in [-0.2, -0.15) is 0 Å². The molecule has 0 fully saturated rings. The summed E-state index contributed by atoms with van der Waals surface area (Å²) in [7, 11) is -1.31. The van der Waals surface area contributed by atoms with Crippen LogP contribution in [0.3, 0.4) is 0 Å². The van der Waals surface area contributed by atoms with Crippen LogP contribution in [0.25, 0.3) is 0 Å². The normalized spacial score (nSPS) is 12.9. The molecule has 0 radical (unpaired) electrons. The van der Waals surface area contributed by atoms with Crippen molar-refractivity contribution in [1.82, 2.24) is 5.32 Å². The summed E-state index contributed by atoms with van der Waals surface area (Å²) in [6, 6.07) is 16.3. The van der Waals surface area contributed by atoms with Crippen molar-refractivity contribution in [3.05, 3.63) is 65.7 Å². The first kappa shape index (κ1) is 18.9. The summed E-state index contributed by atoms with van der Waals surface area (Å²) in [5.74, 6) is -1.02. The molecule has 0 spiro atoms. The monoisotopic (exact) mass is 359 g/mol. The molecule has 0 heterocycles. The van der Waals surface area contributed by atoms with Gasteiger partial charge in [-0.25, -0.2) is 4.79 Å². The van der Waals surface area contributed by atoms with Gasteiger partial charge in [0.1, 0.15) is 0 Å². The summed E-state index contributed by atoms with van der Waals surface area (Å²) < 4.78 is 16.9. The van der Waals surface area contributed by atoms with Gasteiger partial charge in [0, 0.05) is 12.8 Å². The van der Waals surface area contributed by atoms with E-state index in [0.29, 0.717) is 17.9 Å². The van der Waals surface area contributed by atoms with Gasteiger partial charge in [-0.05, 0) is 31.0 Å². The van der Waals surface area contributed by atoms with Crippen molar-refractivity contribution in [3.63, 3.8) is 0 Å². The van der Waals surface area contributed by atoms with Crippen molar-refractivity contribution in [2.24, 2.45) is 0 Å². The van der Waals surface area contributed by atoms with Crippen molar-refractivity contribution in [1.29, 1.82) is 0 Å². The molecule has 0 saturated carbocycles. The minimum Gasteiger partial charge on any atom is -0.449 e. The highest BCUT2D eigenvalue weighted by Crippen LogP contribution is 2.14. The van der Waals surface area contributed by atoms with E-state index in [0.717, 1.165) is 5.56 Å². The fourth-order valence-electron chi connectivity index (χ4n) is 2.28. The van der Waals surface area contributed by atoms with E-state index in [4.69, 9.17) is 4.74 Å². The highest BCUT2D eigenvalue weighted by molar-refractivity contribution is 7.84. The first-order valence-corrected chi connectivity index (χ1v) is 9.50. The van der Waals surface area contributed by atoms with Gasteiger partial charge in [-0.3, -0.25) is 9.00 Å². The molecule has 0 aliphatic rings. The van der Waals surface area contributed by atoms with Crippen LogP contribution in [0.4, 0.5) is 0 Å². The van der Waals surface area contributed by atoms with Crippen molar-refractivity contribution in [2.45, 2.75) is 24.3 Å². The summed E-state index contributed by atoms with van der Waals surface area (Å²) in [5, 5.41) is 2.75. The van der Waals surface area contributed by atoms with Crippen LogP contribution in [-0.2, 0) is 26.8 Å². The molecule has 132 valence electrons. The molecule has 0 saturated heterocycles. The fourth-order valence-corrected chi connectivity index (χ4v) is 3.01. The number of esters is 1. The number of carbonyl (C=O) groups excluding carboxylic acids is 2. The lowest BCUT2D eigenvalue weighted by molar-refractivity contribution is -0.129. The smallest absolute Gasteiger partial charge is 0.340 e.